The average Bonchev–Trinajstić information content (AvgIpc) is 2.79. The minimum Gasteiger partial charge on any atom is -0.308 e. The van der Waals surface area contributed by atoms with Crippen LogP contribution in [0.25, 0.3) is 0 Å². The molecule has 1 aliphatic carbocycles. The Morgan fingerprint density at radius 2 is 1.89 bits per heavy atom. The number of aryl methyl sites for hydroxylation is 1. The SMILES string of the molecule is Cc1cc(SC2CCCC2)ccc1CNC(C)(C)C. The van der Waals surface area contributed by atoms with Crippen LogP contribution >= 0.6 is 11.8 Å². The third kappa shape index (κ3) is 4.85. The highest BCUT2D eigenvalue weighted by Gasteiger charge is 2.16. The Kier molecular flexibility index (Phi) is 4.97. The molecule has 0 unspecified atom stereocenters. The molecule has 0 atom stereocenters. The van der Waals surface area contributed by atoms with Gasteiger partial charge in [0, 0.05) is 22.2 Å². The van der Waals surface area contributed by atoms with E-state index >= 15 is 0 Å². The van der Waals surface area contributed by atoms with Crippen LogP contribution < -0.4 is 5.32 Å². The largest absolute Gasteiger partial charge is 0.308 e. The van der Waals surface area contributed by atoms with Gasteiger partial charge in [0.25, 0.3) is 0 Å². The Morgan fingerprint density at radius 3 is 2.47 bits per heavy atom. The van der Waals surface area contributed by atoms with Crippen LogP contribution in [0, 0.1) is 6.92 Å². The minimum atomic E-state index is 0.184. The molecular formula is C17H27NS. The van der Waals surface area contributed by atoms with Crippen LogP contribution in [0.3, 0.4) is 0 Å². The molecule has 0 bridgehead atoms. The molecule has 2 rings (SSSR count). The number of hydrogen-bond acceptors (Lipinski definition) is 2. The first kappa shape index (κ1) is 14.9. The quantitative estimate of drug-likeness (QED) is 0.838. The van der Waals surface area contributed by atoms with Crippen LogP contribution in [0.2, 0.25) is 0 Å². The van der Waals surface area contributed by atoms with Gasteiger partial charge in [-0.1, -0.05) is 18.9 Å². The van der Waals surface area contributed by atoms with Gasteiger partial charge in [0.1, 0.15) is 0 Å². The summed E-state index contributed by atoms with van der Waals surface area (Å²) in [6.07, 6.45) is 5.64. The van der Waals surface area contributed by atoms with Gasteiger partial charge in [-0.25, -0.2) is 0 Å². The van der Waals surface area contributed by atoms with Crippen molar-refractivity contribution in [2.75, 3.05) is 0 Å². The lowest BCUT2D eigenvalue weighted by molar-refractivity contribution is 0.424. The normalized spacial score (nSPS) is 17.1. The predicted molar refractivity (Wildman–Crippen MR) is 85.9 cm³/mol. The molecule has 0 aromatic heterocycles. The molecule has 0 radical (unpaired) electrons. The number of thioether (sulfide) groups is 1. The summed E-state index contributed by atoms with van der Waals surface area (Å²) in [5.41, 5.74) is 3.02. The van der Waals surface area contributed by atoms with E-state index in [1.807, 2.05) is 0 Å². The molecule has 1 N–H and O–H groups in total. The Balaban J connectivity index is 1.96. The Morgan fingerprint density at radius 1 is 1.21 bits per heavy atom. The molecule has 0 spiro atoms. The second-order valence-electron chi connectivity index (χ2n) is 6.72. The van der Waals surface area contributed by atoms with Gasteiger partial charge in [-0.15, -0.1) is 11.8 Å². The molecule has 1 aromatic rings. The molecule has 1 fully saturated rings. The maximum atomic E-state index is 3.56. The van der Waals surface area contributed by atoms with Crippen molar-refractivity contribution in [1.82, 2.24) is 5.32 Å². The van der Waals surface area contributed by atoms with E-state index in [0.717, 1.165) is 11.8 Å². The lowest BCUT2D eigenvalue weighted by Gasteiger charge is -2.21. The molecule has 0 aliphatic heterocycles. The standard InChI is InChI=1S/C17H27NS/c1-13-11-16(19-15-7-5-6-8-15)10-9-14(13)12-18-17(2,3)4/h9-11,15,18H,5-8,12H2,1-4H3. The summed E-state index contributed by atoms with van der Waals surface area (Å²) in [7, 11) is 0. The van der Waals surface area contributed by atoms with Crippen molar-refractivity contribution < 1.29 is 0 Å². The fraction of sp³-hybridized carbons (Fsp3) is 0.647. The van der Waals surface area contributed by atoms with Gasteiger partial charge in [-0.2, -0.15) is 0 Å². The molecule has 19 heavy (non-hydrogen) atoms. The van der Waals surface area contributed by atoms with Crippen molar-refractivity contribution >= 4 is 11.8 Å². The summed E-state index contributed by atoms with van der Waals surface area (Å²) < 4.78 is 0. The third-order valence-corrected chi connectivity index (χ3v) is 5.06. The maximum absolute atomic E-state index is 3.56. The van der Waals surface area contributed by atoms with E-state index in [1.165, 1.54) is 41.7 Å². The summed E-state index contributed by atoms with van der Waals surface area (Å²) in [5.74, 6) is 0. The highest BCUT2D eigenvalue weighted by atomic mass is 32.2. The molecule has 1 saturated carbocycles. The smallest absolute Gasteiger partial charge is 0.0212 e. The van der Waals surface area contributed by atoms with Gasteiger partial charge in [0.05, 0.1) is 0 Å². The van der Waals surface area contributed by atoms with Crippen molar-refractivity contribution in [3.63, 3.8) is 0 Å². The molecule has 0 amide bonds. The van der Waals surface area contributed by atoms with Crippen LogP contribution in [0.5, 0.6) is 0 Å². The van der Waals surface area contributed by atoms with Crippen LogP contribution in [0.15, 0.2) is 23.1 Å². The summed E-state index contributed by atoms with van der Waals surface area (Å²) >= 11 is 2.08. The predicted octanol–water partition coefficient (Wildman–Crippen LogP) is 4.92. The van der Waals surface area contributed by atoms with E-state index in [4.69, 9.17) is 0 Å². The van der Waals surface area contributed by atoms with E-state index in [1.54, 1.807) is 0 Å². The first-order valence-corrected chi connectivity index (χ1v) is 8.33. The first-order valence-electron chi connectivity index (χ1n) is 7.45. The van der Waals surface area contributed by atoms with Gasteiger partial charge in [-0.05, 0) is 63.8 Å². The van der Waals surface area contributed by atoms with Crippen molar-refractivity contribution in [2.45, 2.75) is 75.6 Å². The molecular weight excluding hydrogens is 250 g/mol. The number of nitrogens with one attached hydrogen (secondary N) is 1. The second-order valence-corrected chi connectivity index (χ2v) is 8.09. The Bertz CT molecular complexity index is 414. The van der Waals surface area contributed by atoms with Crippen molar-refractivity contribution in [3.8, 4) is 0 Å². The zero-order valence-corrected chi connectivity index (χ0v) is 13.6. The van der Waals surface area contributed by atoms with E-state index in [-0.39, 0.29) is 5.54 Å². The van der Waals surface area contributed by atoms with Gasteiger partial charge < -0.3 is 5.32 Å². The maximum Gasteiger partial charge on any atom is 0.0212 e. The summed E-state index contributed by atoms with van der Waals surface area (Å²) in [6, 6.07) is 6.96. The second kappa shape index (κ2) is 6.32. The van der Waals surface area contributed by atoms with E-state index in [9.17, 15) is 0 Å². The lowest BCUT2D eigenvalue weighted by Crippen LogP contribution is -2.35. The van der Waals surface area contributed by atoms with Gasteiger partial charge in [0.15, 0.2) is 0 Å². The van der Waals surface area contributed by atoms with Crippen LogP contribution in [0.4, 0.5) is 0 Å². The molecule has 2 heteroatoms. The summed E-state index contributed by atoms with van der Waals surface area (Å²) in [6.45, 7) is 9.84. The fourth-order valence-electron chi connectivity index (χ4n) is 2.50. The third-order valence-electron chi connectivity index (χ3n) is 3.73. The monoisotopic (exact) mass is 277 g/mol. The summed E-state index contributed by atoms with van der Waals surface area (Å²) in [5, 5.41) is 4.42. The molecule has 1 aromatic carbocycles. The van der Waals surface area contributed by atoms with E-state index in [2.05, 4.69) is 63.0 Å². The molecule has 0 heterocycles. The molecule has 0 saturated heterocycles. The number of hydrogen-bond donors (Lipinski definition) is 1. The molecule has 1 nitrogen and oxygen atoms in total. The van der Waals surface area contributed by atoms with E-state index in [0.29, 0.717) is 0 Å². The van der Waals surface area contributed by atoms with Crippen molar-refractivity contribution in [3.05, 3.63) is 29.3 Å². The van der Waals surface area contributed by atoms with Crippen LogP contribution in [-0.2, 0) is 6.54 Å². The highest BCUT2D eigenvalue weighted by molar-refractivity contribution is 8.00. The Labute approximate surface area is 122 Å². The Hall–Kier alpha value is -0.470. The topological polar surface area (TPSA) is 12.0 Å². The first-order chi connectivity index (χ1) is 8.94. The fourth-order valence-corrected chi connectivity index (χ4v) is 3.84. The lowest BCUT2D eigenvalue weighted by atomic mass is 10.1. The molecule has 1 aliphatic rings. The van der Waals surface area contributed by atoms with Gasteiger partial charge in [-0.3, -0.25) is 0 Å². The van der Waals surface area contributed by atoms with Crippen LogP contribution in [-0.4, -0.2) is 10.8 Å². The molecule has 106 valence electrons. The van der Waals surface area contributed by atoms with Gasteiger partial charge >= 0.3 is 0 Å². The number of rotatable bonds is 4. The van der Waals surface area contributed by atoms with Crippen molar-refractivity contribution in [1.29, 1.82) is 0 Å². The zero-order chi connectivity index (χ0) is 13.9. The van der Waals surface area contributed by atoms with E-state index < -0.39 is 0 Å². The highest BCUT2D eigenvalue weighted by Crippen LogP contribution is 2.35. The summed E-state index contributed by atoms with van der Waals surface area (Å²) in [4.78, 5) is 1.45. The number of benzene rings is 1. The minimum absolute atomic E-state index is 0.184. The van der Waals surface area contributed by atoms with Gasteiger partial charge in [0.2, 0.25) is 0 Å². The zero-order valence-electron chi connectivity index (χ0n) is 12.8. The average molecular weight is 277 g/mol. The van der Waals surface area contributed by atoms with Crippen molar-refractivity contribution in [2.24, 2.45) is 0 Å². The van der Waals surface area contributed by atoms with Crippen LogP contribution in [0.1, 0.15) is 57.6 Å².